The second-order valence-electron chi connectivity index (χ2n) is 3.03. The maximum absolute atomic E-state index is 13.1. The van der Waals surface area contributed by atoms with Crippen LogP contribution < -0.4 is 0 Å². The van der Waals surface area contributed by atoms with Crippen LogP contribution in [0.25, 0.3) is 0 Å². The van der Waals surface area contributed by atoms with Gasteiger partial charge in [-0.3, -0.25) is 14.9 Å². The molecule has 0 spiro atoms. The molecule has 0 aliphatic heterocycles. The maximum Gasteiger partial charge on any atom is 0.305 e. The minimum absolute atomic E-state index is 0.0434. The van der Waals surface area contributed by atoms with Gasteiger partial charge < -0.3 is 0 Å². The van der Waals surface area contributed by atoms with Crippen LogP contribution in [0.5, 0.6) is 0 Å². The van der Waals surface area contributed by atoms with Gasteiger partial charge in [0, 0.05) is 17.0 Å². The Morgan fingerprint density at radius 3 is 2.67 bits per heavy atom. The minimum atomic E-state index is -0.917. The number of ketones is 1. The summed E-state index contributed by atoms with van der Waals surface area (Å²) in [5, 5.41) is 10.4. The van der Waals surface area contributed by atoms with E-state index in [1.54, 1.807) is 0 Å². The van der Waals surface area contributed by atoms with Gasteiger partial charge in [-0.05, 0) is 18.6 Å². The van der Waals surface area contributed by atoms with E-state index in [1.165, 1.54) is 6.92 Å². The molecule has 0 aromatic heterocycles. The van der Waals surface area contributed by atoms with Crippen molar-refractivity contribution in [2.45, 2.75) is 13.3 Å². The zero-order valence-corrected chi connectivity index (χ0v) is 9.38. The van der Waals surface area contributed by atoms with E-state index in [4.69, 9.17) is 0 Å². The molecule has 1 aromatic rings. The summed E-state index contributed by atoms with van der Waals surface area (Å²) in [5.74, 6) is -1.06. The van der Waals surface area contributed by atoms with Crippen LogP contribution in [0.3, 0.4) is 0 Å². The van der Waals surface area contributed by atoms with Crippen LogP contribution in [0.4, 0.5) is 10.1 Å². The topological polar surface area (TPSA) is 60.2 Å². The quantitative estimate of drug-likeness (QED) is 0.629. The molecule has 0 saturated heterocycles. The van der Waals surface area contributed by atoms with Crippen LogP contribution in [0, 0.1) is 15.9 Å². The number of nitro groups is 1. The second kappa shape index (κ2) is 4.48. The first kappa shape index (κ1) is 11.8. The van der Waals surface area contributed by atoms with Crippen LogP contribution in [-0.2, 0) is 11.2 Å². The van der Waals surface area contributed by atoms with Crippen molar-refractivity contribution in [2.24, 2.45) is 0 Å². The predicted octanol–water partition coefficient (Wildman–Crippen LogP) is 2.63. The van der Waals surface area contributed by atoms with Gasteiger partial charge in [0.15, 0.2) is 0 Å². The third kappa shape index (κ3) is 2.82. The van der Waals surface area contributed by atoms with Crippen molar-refractivity contribution in [3.8, 4) is 0 Å². The number of hydrogen-bond donors (Lipinski definition) is 0. The summed E-state index contributed by atoms with van der Waals surface area (Å²) in [7, 11) is 0. The number of benzene rings is 1. The number of carbonyl (C=O) groups is 1. The highest BCUT2D eigenvalue weighted by molar-refractivity contribution is 9.10. The molecule has 1 rings (SSSR count). The molecule has 0 unspecified atom stereocenters. The molecule has 0 bridgehead atoms. The number of Topliss-reactive ketones (excluding diaryl/α,β-unsaturated/α-hetero) is 1. The molecular weight excluding hydrogens is 269 g/mol. The normalized spacial score (nSPS) is 10.1. The summed E-state index contributed by atoms with van der Waals surface area (Å²) in [6.45, 7) is 1.36. The Morgan fingerprint density at radius 2 is 2.20 bits per heavy atom. The van der Waals surface area contributed by atoms with Crippen LogP contribution >= 0.6 is 15.9 Å². The Labute approximate surface area is 93.4 Å². The Morgan fingerprint density at radius 1 is 1.60 bits per heavy atom. The van der Waals surface area contributed by atoms with Gasteiger partial charge in [-0.2, -0.15) is 4.39 Å². The number of hydrogen-bond acceptors (Lipinski definition) is 3. The smallest absolute Gasteiger partial charge is 0.300 e. The van der Waals surface area contributed by atoms with Crippen molar-refractivity contribution in [1.82, 2.24) is 0 Å². The molecule has 0 fully saturated rings. The average molecular weight is 276 g/mol. The van der Waals surface area contributed by atoms with Gasteiger partial charge >= 0.3 is 5.69 Å². The largest absolute Gasteiger partial charge is 0.305 e. The first-order chi connectivity index (χ1) is 6.91. The number of nitro benzene ring substituents is 1. The third-order valence-corrected chi connectivity index (χ3v) is 2.49. The van der Waals surface area contributed by atoms with Gasteiger partial charge in [-0.1, -0.05) is 15.9 Å². The molecule has 80 valence electrons. The fraction of sp³-hybridized carbons (Fsp3) is 0.222. The first-order valence-corrected chi connectivity index (χ1v) is 4.83. The SMILES string of the molecule is CC(=O)Cc1cc([N+](=O)[O-])c(F)cc1Br. The molecular formula is C9H7BrFNO3. The molecule has 0 radical (unpaired) electrons. The van der Waals surface area contributed by atoms with E-state index >= 15 is 0 Å². The summed E-state index contributed by atoms with van der Waals surface area (Å²) >= 11 is 3.04. The van der Waals surface area contributed by atoms with E-state index < -0.39 is 16.4 Å². The van der Waals surface area contributed by atoms with Crippen molar-refractivity contribution >= 4 is 27.4 Å². The Kier molecular flexibility index (Phi) is 3.52. The maximum atomic E-state index is 13.1. The van der Waals surface area contributed by atoms with Gasteiger partial charge in [0.05, 0.1) is 4.92 Å². The molecule has 6 heteroatoms. The Bertz CT molecular complexity index is 434. The van der Waals surface area contributed by atoms with Crippen LogP contribution in [0.2, 0.25) is 0 Å². The van der Waals surface area contributed by atoms with E-state index in [0.717, 1.165) is 12.1 Å². The second-order valence-corrected chi connectivity index (χ2v) is 3.89. The highest BCUT2D eigenvalue weighted by Crippen LogP contribution is 2.26. The van der Waals surface area contributed by atoms with Crippen molar-refractivity contribution in [1.29, 1.82) is 0 Å². The summed E-state index contributed by atoms with van der Waals surface area (Å²) in [4.78, 5) is 20.5. The Balaban J connectivity index is 3.23. The van der Waals surface area contributed by atoms with Crippen molar-refractivity contribution in [3.63, 3.8) is 0 Å². The molecule has 15 heavy (non-hydrogen) atoms. The monoisotopic (exact) mass is 275 g/mol. The molecule has 4 nitrogen and oxygen atoms in total. The third-order valence-electron chi connectivity index (χ3n) is 1.75. The summed E-state index contributed by atoms with van der Waals surface area (Å²) in [6.07, 6.45) is 0.0434. The highest BCUT2D eigenvalue weighted by Gasteiger charge is 2.17. The molecule has 0 heterocycles. The van der Waals surface area contributed by atoms with Crippen LogP contribution in [0.15, 0.2) is 16.6 Å². The van der Waals surface area contributed by atoms with Crippen molar-refractivity contribution < 1.29 is 14.1 Å². The zero-order chi connectivity index (χ0) is 11.6. The van der Waals surface area contributed by atoms with Gasteiger partial charge in [0.1, 0.15) is 5.78 Å². The predicted molar refractivity (Wildman–Crippen MR) is 55.1 cm³/mol. The van der Waals surface area contributed by atoms with Gasteiger partial charge in [0.2, 0.25) is 5.82 Å². The van der Waals surface area contributed by atoms with Gasteiger partial charge in [-0.25, -0.2) is 0 Å². The molecule has 0 aliphatic carbocycles. The molecule has 0 saturated carbocycles. The summed E-state index contributed by atoms with van der Waals surface area (Å²) < 4.78 is 13.4. The lowest BCUT2D eigenvalue weighted by atomic mass is 10.1. The number of halogens is 2. The van der Waals surface area contributed by atoms with E-state index in [0.29, 0.717) is 10.0 Å². The fourth-order valence-corrected chi connectivity index (χ4v) is 1.58. The summed E-state index contributed by atoms with van der Waals surface area (Å²) in [5.41, 5.74) is -0.204. The lowest BCUT2D eigenvalue weighted by Crippen LogP contribution is -2.00. The van der Waals surface area contributed by atoms with Gasteiger partial charge in [-0.15, -0.1) is 0 Å². The van der Waals surface area contributed by atoms with Crippen LogP contribution in [0.1, 0.15) is 12.5 Å². The van der Waals surface area contributed by atoms with E-state index in [-0.39, 0.29) is 12.2 Å². The number of carbonyl (C=O) groups excluding carboxylic acids is 1. The van der Waals surface area contributed by atoms with E-state index in [1.807, 2.05) is 0 Å². The first-order valence-electron chi connectivity index (χ1n) is 4.03. The lowest BCUT2D eigenvalue weighted by molar-refractivity contribution is -0.387. The highest BCUT2D eigenvalue weighted by atomic mass is 79.9. The molecule has 1 aromatic carbocycles. The zero-order valence-electron chi connectivity index (χ0n) is 7.79. The fourth-order valence-electron chi connectivity index (χ4n) is 1.12. The molecule has 0 atom stereocenters. The van der Waals surface area contributed by atoms with Gasteiger partial charge in [0.25, 0.3) is 0 Å². The number of rotatable bonds is 3. The lowest BCUT2D eigenvalue weighted by Gasteiger charge is -2.02. The van der Waals surface area contributed by atoms with Crippen molar-refractivity contribution in [3.05, 3.63) is 38.1 Å². The average Bonchev–Trinajstić information content (AvgIpc) is 2.08. The Hall–Kier alpha value is -1.30. The van der Waals surface area contributed by atoms with E-state index in [9.17, 15) is 19.3 Å². The summed E-state index contributed by atoms with van der Waals surface area (Å²) in [6, 6.07) is 2.07. The number of nitrogens with zero attached hydrogens (tertiary/aromatic N) is 1. The van der Waals surface area contributed by atoms with E-state index in [2.05, 4.69) is 15.9 Å². The molecule has 0 aliphatic rings. The minimum Gasteiger partial charge on any atom is -0.300 e. The van der Waals surface area contributed by atoms with Crippen molar-refractivity contribution in [2.75, 3.05) is 0 Å². The standard InChI is InChI=1S/C9H7BrFNO3/c1-5(13)2-6-3-9(12(14)15)8(11)4-7(6)10/h3-4H,2H2,1H3. The molecule has 0 N–H and O–H groups in total. The molecule has 0 amide bonds. The van der Waals surface area contributed by atoms with Crippen LogP contribution in [-0.4, -0.2) is 10.7 Å².